The average molecular weight is 223 g/mol. The van der Waals surface area contributed by atoms with Crippen LogP contribution in [0.5, 0.6) is 0 Å². The van der Waals surface area contributed by atoms with Gasteiger partial charge >= 0.3 is 6.09 Å². The van der Waals surface area contributed by atoms with Gasteiger partial charge in [-0.3, -0.25) is 4.98 Å². The highest BCUT2D eigenvalue weighted by atomic mass is 16.4. The standard InChI is InChI=1S/C6H12N2O2.C5H5N/c1-5-4-8(6(9)10)3-2-7-5;1-2-4-6-5-3-1/h5,7H,2-4H2,1H3,(H,9,10);1-5H. The summed E-state index contributed by atoms with van der Waals surface area (Å²) in [5.41, 5.74) is 0. The minimum atomic E-state index is -0.812. The van der Waals surface area contributed by atoms with Gasteiger partial charge in [0.1, 0.15) is 0 Å². The molecule has 0 aliphatic carbocycles. The molecule has 0 radical (unpaired) electrons. The van der Waals surface area contributed by atoms with E-state index in [0.29, 0.717) is 19.1 Å². The van der Waals surface area contributed by atoms with Crippen molar-refractivity contribution in [2.24, 2.45) is 0 Å². The van der Waals surface area contributed by atoms with E-state index in [1.54, 1.807) is 12.4 Å². The molecule has 1 aliphatic rings. The SMILES string of the molecule is CC1CN(C(=O)O)CCN1.c1ccncc1. The molecule has 1 aromatic rings. The maximum absolute atomic E-state index is 10.4. The van der Waals surface area contributed by atoms with Crippen LogP contribution in [0.1, 0.15) is 6.92 Å². The van der Waals surface area contributed by atoms with Crippen LogP contribution in [0.2, 0.25) is 0 Å². The van der Waals surface area contributed by atoms with Crippen LogP contribution in [0.25, 0.3) is 0 Å². The molecular weight excluding hydrogens is 206 g/mol. The Balaban J connectivity index is 0.000000181. The van der Waals surface area contributed by atoms with E-state index in [2.05, 4.69) is 10.3 Å². The lowest BCUT2D eigenvalue weighted by molar-refractivity contribution is 0.130. The maximum Gasteiger partial charge on any atom is 0.407 e. The van der Waals surface area contributed by atoms with E-state index in [4.69, 9.17) is 5.11 Å². The second-order valence-corrected chi connectivity index (χ2v) is 3.61. The predicted molar refractivity (Wildman–Crippen MR) is 61.3 cm³/mol. The summed E-state index contributed by atoms with van der Waals surface area (Å²) in [6, 6.07) is 6.01. The molecule has 16 heavy (non-hydrogen) atoms. The summed E-state index contributed by atoms with van der Waals surface area (Å²) >= 11 is 0. The molecular formula is C11H17N3O2. The van der Waals surface area contributed by atoms with Crippen LogP contribution in [0.4, 0.5) is 4.79 Å². The highest BCUT2D eigenvalue weighted by Crippen LogP contribution is 1.97. The number of amides is 1. The van der Waals surface area contributed by atoms with Crippen molar-refractivity contribution in [1.82, 2.24) is 15.2 Å². The van der Waals surface area contributed by atoms with Crippen LogP contribution in [-0.4, -0.2) is 46.8 Å². The van der Waals surface area contributed by atoms with Crippen molar-refractivity contribution in [3.05, 3.63) is 30.6 Å². The molecule has 2 N–H and O–H groups in total. The van der Waals surface area contributed by atoms with E-state index < -0.39 is 6.09 Å². The quantitative estimate of drug-likeness (QED) is 0.689. The van der Waals surface area contributed by atoms with Gasteiger partial charge in [0.05, 0.1) is 0 Å². The largest absolute Gasteiger partial charge is 0.465 e. The van der Waals surface area contributed by atoms with Gasteiger partial charge in [0.15, 0.2) is 0 Å². The van der Waals surface area contributed by atoms with Gasteiger partial charge in [-0.15, -0.1) is 0 Å². The molecule has 0 aromatic carbocycles. The van der Waals surface area contributed by atoms with Crippen molar-refractivity contribution in [3.63, 3.8) is 0 Å². The topological polar surface area (TPSA) is 65.5 Å². The molecule has 1 aliphatic heterocycles. The molecule has 0 saturated carbocycles. The fourth-order valence-electron chi connectivity index (χ4n) is 1.42. The minimum absolute atomic E-state index is 0.296. The Morgan fingerprint density at radius 2 is 2.12 bits per heavy atom. The molecule has 1 amide bonds. The van der Waals surface area contributed by atoms with Gasteiger partial charge in [0.25, 0.3) is 0 Å². The Hall–Kier alpha value is -1.62. The predicted octanol–water partition coefficient (Wildman–Crippen LogP) is 1.04. The number of aromatic nitrogens is 1. The maximum atomic E-state index is 10.4. The summed E-state index contributed by atoms with van der Waals surface area (Å²) in [6.07, 6.45) is 2.69. The monoisotopic (exact) mass is 223 g/mol. The number of rotatable bonds is 0. The molecule has 1 atom stereocenters. The Labute approximate surface area is 95.1 Å². The highest BCUT2D eigenvalue weighted by molar-refractivity contribution is 5.65. The number of carboxylic acid groups (broad SMARTS) is 1. The number of pyridine rings is 1. The number of hydrogen-bond donors (Lipinski definition) is 2. The molecule has 5 heteroatoms. The molecule has 5 nitrogen and oxygen atoms in total. The number of piperazine rings is 1. The van der Waals surface area contributed by atoms with Crippen LogP contribution >= 0.6 is 0 Å². The molecule has 0 spiro atoms. The molecule has 2 heterocycles. The molecule has 88 valence electrons. The Bertz CT molecular complexity index is 279. The zero-order valence-corrected chi connectivity index (χ0v) is 9.34. The summed E-state index contributed by atoms with van der Waals surface area (Å²) in [6.45, 7) is 3.97. The summed E-state index contributed by atoms with van der Waals surface area (Å²) in [7, 11) is 0. The third-order valence-electron chi connectivity index (χ3n) is 2.21. The van der Waals surface area contributed by atoms with Gasteiger partial charge in [-0.05, 0) is 19.1 Å². The van der Waals surface area contributed by atoms with Crippen LogP contribution in [0, 0.1) is 0 Å². The highest BCUT2D eigenvalue weighted by Gasteiger charge is 2.18. The van der Waals surface area contributed by atoms with Gasteiger partial charge in [0, 0.05) is 38.1 Å². The van der Waals surface area contributed by atoms with Gasteiger partial charge in [-0.1, -0.05) is 6.07 Å². The van der Waals surface area contributed by atoms with Crippen molar-refractivity contribution in [3.8, 4) is 0 Å². The number of nitrogens with one attached hydrogen (secondary N) is 1. The van der Waals surface area contributed by atoms with E-state index in [1.165, 1.54) is 4.90 Å². The summed E-state index contributed by atoms with van der Waals surface area (Å²) < 4.78 is 0. The first kappa shape index (κ1) is 12.4. The fraction of sp³-hybridized carbons (Fsp3) is 0.455. The Morgan fingerprint density at radius 3 is 2.44 bits per heavy atom. The first-order valence-corrected chi connectivity index (χ1v) is 5.26. The van der Waals surface area contributed by atoms with E-state index >= 15 is 0 Å². The lowest BCUT2D eigenvalue weighted by atomic mass is 10.2. The number of hydrogen-bond acceptors (Lipinski definition) is 3. The normalized spacial score (nSPS) is 19.6. The van der Waals surface area contributed by atoms with Gasteiger partial charge in [-0.25, -0.2) is 4.79 Å². The molecule has 2 rings (SSSR count). The lowest BCUT2D eigenvalue weighted by Crippen LogP contribution is -2.50. The lowest BCUT2D eigenvalue weighted by Gasteiger charge is -2.29. The van der Waals surface area contributed by atoms with Crippen molar-refractivity contribution in [2.45, 2.75) is 13.0 Å². The van der Waals surface area contributed by atoms with Crippen LogP contribution in [0.15, 0.2) is 30.6 Å². The number of carbonyl (C=O) groups is 1. The summed E-state index contributed by atoms with van der Waals surface area (Å²) in [4.78, 5) is 15.6. The number of nitrogens with zero attached hydrogens (tertiary/aromatic N) is 2. The zero-order chi connectivity index (χ0) is 11.8. The third-order valence-corrected chi connectivity index (χ3v) is 2.21. The summed E-state index contributed by atoms with van der Waals surface area (Å²) in [5.74, 6) is 0. The third kappa shape index (κ3) is 4.75. The molecule has 1 saturated heterocycles. The first-order chi connectivity index (χ1) is 7.70. The second kappa shape index (κ2) is 6.79. The van der Waals surface area contributed by atoms with Crippen LogP contribution in [0.3, 0.4) is 0 Å². The van der Waals surface area contributed by atoms with Crippen molar-refractivity contribution in [2.75, 3.05) is 19.6 Å². The van der Waals surface area contributed by atoms with Crippen LogP contribution in [-0.2, 0) is 0 Å². The Kier molecular flexibility index (Phi) is 5.28. The fourth-order valence-corrected chi connectivity index (χ4v) is 1.42. The van der Waals surface area contributed by atoms with Gasteiger partial charge in [0.2, 0.25) is 0 Å². The first-order valence-electron chi connectivity index (χ1n) is 5.26. The van der Waals surface area contributed by atoms with Crippen molar-refractivity contribution in [1.29, 1.82) is 0 Å². The van der Waals surface area contributed by atoms with E-state index in [1.807, 2.05) is 25.1 Å². The van der Waals surface area contributed by atoms with Crippen LogP contribution < -0.4 is 5.32 Å². The summed E-state index contributed by atoms with van der Waals surface area (Å²) in [5, 5.41) is 11.7. The average Bonchev–Trinajstić information content (AvgIpc) is 2.32. The van der Waals surface area contributed by atoms with Crippen molar-refractivity contribution < 1.29 is 9.90 Å². The van der Waals surface area contributed by atoms with E-state index in [-0.39, 0.29) is 0 Å². The van der Waals surface area contributed by atoms with E-state index in [9.17, 15) is 4.79 Å². The Morgan fingerprint density at radius 1 is 1.44 bits per heavy atom. The second-order valence-electron chi connectivity index (χ2n) is 3.61. The molecule has 1 fully saturated rings. The van der Waals surface area contributed by atoms with E-state index in [0.717, 1.165) is 6.54 Å². The molecule has 0 bridgehead atoms. The van der Waals surface area contributed by atoms with Crippen molar-refractivity contribution >= 4 is 6.09 Å². The molecule has 1 unspecified atom stereocenters. The zero-order valence-electron chi connectivity index (χ0n) is 9.34. The minimum Gasteiger partial charge on any atom is -0.465 e. The molecule has 1 aromatic heterocycles. The smallest absolute Gasteiger partial charge is 0.407 e. The van der Waals surface area contributed by atoms with Gasteiger partial charge < -0.3 is 15.3 Å². The van der Waals surface area contributed by atoms with Gasteiger partial charge in [-0.2, -0.15) is 0 Å².